The van der Waals surface area contributed by atoms with Crippen LogP contribution in [0.25, 0.3) is 0 Å². The van der Waals surface area contributed by atoms with Crippen LogP contribution in [0.4, 0.5) is 0 Å². The third-order valence-corrected chi connectivity index (χ3v) is 4.40. The minimum absolute atomic E-state index is 0.247. The van der Waals surface area contributed by atoms with Crippen molar-refractivity contribution in [3.05, 3.63) is 70.8 Å². The lowest BCUT2D eigenvalue weighted by Gasteiger charge is -2.19. The average molecular weight is 294 g/mol. The van der Waals surface area contributed by atoms with Crippen LogP contribution in [-0.4, -0.2) is 0 Å². The van der Waals surface area contributed by atoms with Crippen molar-refractivity contribution in [1.29, 1.82) is 0 Å². The molecule has 0 aliphatic rings. The van der Waals surface area contributed by atoms with Gasteiger partial charge in [-0.15, -0.1) is 0 Å². The number of benzene rings is 2. The first kappa shape index (κ1) is 16.8. The smallest absolute Gasteiger partial charge is 0.0132 e. The second kappa shape index (κ2) is 7.13. The molecule has 0 saturated carbocycles. The Morgan fingerprint density at radius 1 is 0.727 bits per heavy atom. The molecule has 22 heavy (non-hydrogen) atoms. The van der Waals surface area contributed by atoms with Gasteiger partial charge in [0.25, 0.3) is 0 Å². The number of hydrogen-bond donors (Lipinski definition) is 0. The minimum Gasteiger partial charge on any atom is -0.0588 e. The Hall–Kier alpha value is -1.56. The Labute approximate surface area is 136 Å². The van der Waals surface area contributed by atoms with Gasteiger partial charge < -0.3 is 0 Å². The Morgan fingerprint density at radius 2 is 1.18 bits per heavy atom. The first-order chi connectivity index (χ1) is 10.4. The molecule has 0 radical (unpaired) electrons. The van der Waals surface area contributed by atoms with E-state index in [1.165, 1.54) is 35.1 Å². The average Bonchev–Trinajstić information content (AvgIpc) is 2.47. The highest BCUT2D eigenvalue weighted by atomic mass is 14.2. The molecule has 0 fully saturated rings. The predicted molar refractivity (Wildman–Crippen MR) is 97.7 cm³/mol. The predicted octanol–water partition coefficient (Wildman–Crippen LogP) is 6.28. The highest BCUT2D eigenvalue weighted by Gasteiger charge is 2.12. The number of rotatable bonds is 5. The van der Waals surface area contributed by atoms with Gasteiger partial charge in [-0.1, -0.05) is 83.1 Å². The summed E-state index contributed by atoms with van der Waals surface area (Å²) in [5.41, 5.74) is 6.00. The lowest BCUT2D eigenvalue weighted by molar-refractivity contribution is 0.590. The molecule has 0 N–H and O–H groups in total. The molecule has 0 atom stereocenters. The van der Waals surface area contributed by atoms with Crippen LogP contribution in [0.15, 0.2) is 48.5 Å². The van der Waals surface area contributed by atoms with Crippen molar-refractivity contribution in [3.63, 3.8) is 0 Å². The van der Waals surface area contributed by atoms with E-state index in [9.17, 15) is 0 Å². The number of hydrogen-bond acceptors (Lipinski definition) is 0. The maximum atomic E-state index is 2.29. The molecule has 0 heteroatoms. The van der Waals surface area contributed by atoms with Crippen molar-refractivity contribution < 1.29 is 0 Å². The highest BCUT2D eigenvalue weighted by Crippen LogP contribution is 2.22. The second-order valence-electron chi connectivity index (χ2n) is 7.70. The molecule has 0 aliphatic carbocycles. The molecule has 118 valence electrons. The lowest BCUT2D eigenvalue weighted by atomic mass is 9.86. The van der Waals surface area contributed by atoms with Gasteiger partial charge >= 0.3 is 0 Å². The summed E-state index contributed by atoms with van der Waals surface area (Å²) in [6.07, 6.45) is 3.55. The van der Waals surface area contributed by atoms with Gasteiger partial charge in [0.05, 0.1) is 0 Å². The first-order valence-corrected chi connectivity index (χ1v) is 8.54. The van der Waals surface area contributed by atoms with Crippen LogP contribution in [0.5, 0.6) is 0 Å². The zero-order valence-electron chi connectivity index (χ0n) is 14.8. The van der Waals surface area contributed by atoms with Gasteiger partial charge in [0.1, 0.15) is 0 Å². The fourth-order valence-corrected chi connectivity index (χ4v) is 2.74. The van der Waals surface area contributed by atoms with E-state index in [1.54, 1.807) is 0 Å². The minimum atomic E-state index is 0.247. The third kappa shape index (κ3) is 4.73. The van der Waals surface area contributed by atoms with Gasteiger partial charge in [0.15, 0.2) is 0 Å². The SMILES string of the molecule is CC(C)c1ccc(CCCc2ccc(C(C)(C)C)cc2)cc1. The maximum Gasteiger partial charge on any atom is -0.0132 e. The molecule has 0 saturated heterocycles. The fraction of sp³-hybridized carbons (Fsp3) is 0.455. The topological polar surface area (TPSA) is 0 Å². The van der Waals surface area contributed by atoms with Gasteiger partial charge in [-0.3, -0.25) is 0 Å². The van der Waals surface area contributed by atoms with Crippen LogP contribution >= 0.6 is 0 Å². The Kier molecular flexibility index (Phi) is 5.45. The summed E-state index contributed by atoms with van der Waals surface area (Å²) in [5, 5.41) is 0. The Morgan fingerprint density at radius 3 is 1.59 bits per heavy atom. The van der Waals surface area contributed by atoms with E-state index in [1.807, 2.05) is 0 Å². The van der Waals surface area contributed by atoms with Crippen LogP contribution in [0.1, 0.15) is 69.2 Å². The largest absolute Gasteiger partial charge is 0.0588 e. The lowest BCUT2D eigenvalue weighted by Crippen LogP contribution is -2.10. The highest BCUT2D eigenvalue weighted by molar-refractivity contribution is 5.28. The monoisotopic (exact) mass is 294 g/mol. The van der Waals surface area contributed by atoms with Crippen molar-refractivity contribution in [1.82, 2.24) is 0 Å². The van der Waals surface area contributed by atoms with Crippen molar-refractivity contribution in [2.45, 2.75) is 65.2 Å². The summed E-state index contributed by atoms with van der Waals surface area (Å²) in [6, 6.07) is 18.3. The van der Waals surface area contributed by atoms with Crippen molar-refractivity contribution in [3.8, 4) is 0 Å². The Bertz CT molecular complexity index is 565. The van der Waals surface area contributed by atoms with E-state index >= 15 is 0 Å². The zero-order chi connectivity index (χ0) is 16.2. The summed E-state index contributed by atoms with van der Waals surface area (Å²) in [4.78, 5) is 0. The van der Waals surface area contributed by atoms with Gasteiger partial charge in [0, 0.05) is 0 Å². The molecule has 2 rings (SSSR count). The van der Waals surface area contributed by atoms with Gasteiger partial charge in [-0.05, 0) is 52.8 Å². The summed E-state index contributed by atoms with van der Waals surface area (Å²) in [7, 11) is 0. The van der Waals surface area contributed by atoms with Crippen LogP contribution < -0.4 is 0 Å². The van der Waals surface area contributed by atoms with Crippen LogP contribution in [0, 0.1) is 0 Å². The van der Waals surface area contributed by atoms with Gasteiger partial charge in [-0.25, -0.2) is 0 Å². The van der Waals surface area contributed by atoms with E-state index < -0.39 is 0 Å². The van der Waals surface area contributed by atoms with Crippen LogP contribution in [-0.2, 0) is 18.3 Å². The molecule has 0 aliphatic heterocycles. The zero-order valence-corrected chi connectivity index (χ0v) is 14.8. The third-order valence-electron chi connectivity index (χ3n) is 4.40. The van der Waals surface area contributed by atoms with Crippen molar-refractivity contribution in [2.24, 2.45) is 0 Å². The molecule has 0 aromatic heterocycles. The molecule has 0 heterocycles. The second-order valence-corrected chi connectivity index (χ2v) is 7.70. The van der Waals surface area contributed by atoms with Crippen molar-refractivity contribution >= 4 is 0 Å². The normalized spacial score (nSPS) is 11.9. The van der Waals surface area contributed by atoms with Gasteiger partial charge in [-0.2, -0.15) is 0 Å². The molecular formula is C22H30. The fourth-order valence-electron chi connectivity index (χ4n) is 2.74. The van der Waals surface area contributed by atoms with E-state index in [2.05, 4.69) is 83.1 Å². The van der Waals surface area contributed by atoms with E-state index in [0.717, 1.165) is 6.42 Å². The first-order valence-electron chi connectivity index (χ1n) is 8.54. The number of aryl methyl sites for hydroxylation is 2. The Balaban J connectivity index is 1.86. The standard InChI is InChI=1S/C22H30/c1-17(2)20-13-9-18(10-14-20)7-6-8-19-11-15-21(16-12-19)22(3,4)5/h9-17H,6-8H2,1-5H3. The molecule has 0 spiro atoms. The summed E-state index contributed by atoms with van der Waals surface area (Å²) in [5.74, 6) is 0.621. The molecule has 2 aromatic carbocycles. The van der Waals surface area contributed by atoms with Crippen LogP contribution in [0.3, 0.4) is 0 Å². The molecule has 0 bridgehead atoms. The maximum absolute atomic E-state index is 2.29. The van der Waals surface area contributed by atoms with E-state index in [-0.39, 0.29) is 5.41 Å². The van der Waals surface area contributed by atoms with Crippen molar-refractivity contribution in [2.75, 3.05) is 0 Å². The van der Waals surface area contributed by atoms with Gasteiger partial charge in [0.2, 0.25) is 0 Å². The van der Waals surface area contributed by atoms with E-state index in [0.29, 0.717) is 5.92 Å². The molecule has 0 unspecified atom stereocenters. The van der Waals surface area contributed by atoms with Crippen LogP contribution in [0.2, 0.25) is 0 Å². The molecule has 0 amide bonds. The summed E-state index contributed by atoms with van der Waals surface area (Å²) in [6.45, 7) is 11.3. The quantitative estimate of drug-likeness (QED) is 0.608. The summed E-state index contributed by atoms with van der Waals surface area (Å²) < 4.78 is 0. The van der Waals surface area contributed by atoms with E-state index in [4.69, 9.17) is 0 Å². The molecular weight excluding hydrogens is 264 g/mol. The molecule has 0 nitrogen and oxygen atoms in total. The summed E-state index contributed by atoms with van der Waals surface area (Å²) >= 11 is 0. The molecule has 2 aromatic rings.